The lowest BCUT2D eigenvalue weighted by atomic mass is 9.73. The highest BCUT2D eigenvalue weighted by Gasteiger charge is 2.49. The number of piperazine rings is 1. The highest BCUT2D eigenvalue weighted by Crippen LogP contribution is 2.22. The first kappa shape index (κ1) is 31.1. The number of carbonyl (C=O) groups excluding carboxylic acids is 4. The first-order valence-corrected chi connectivity index (χ1v) is 14.1. The number of hydrogen-bond donors (Lipinski definition) is 3. The van der Waals surface area contributed by atoms with E-state index in [4.69, 9.17) is 9.31 Å². The Hall–Kier alpha value is -3.81. The molecule has 224 valence electrons. The van der Waals surface area contributed by atoms with Crippen LogP contribution in [0.5, 0.6) is 0 Å². The van der Waals surface area contributed by atoms with Gasteiger partial charge in [0.1, 0.15) is 23.8 Å². The highest BCUT2D eigenvalue weighted by atomic mass is 16.6. The number of aliphatic hydroxyl groups excluding tert-OH is 1. The third-order valence-electron chi connectivity index (χ3n) is 7.45. The Labute approximate surface area is 245 Å². The fraction of sp³-hybridized carbons (Fsp3) is 0.483. The van der Waals surface area contributed by atoms with Crippen molar-refractivity contribution in [1.82, 2.24) is 25.4 Å². The van der Waals surface area contributed by atoms with E-state index in [1.54, 1.807) is 24.1 Å². The van der Waals surface area contributed by atoms with Crippen LogP contribution in [0.25, 0.3) is 11.3 Å². The molecule has 5 atom stereocenters. The predicted octanol–water partition coefficient (Wildman–Crippen LogP) is 0.501. The summed E-state index contributed by atoms with van der Waals surface area (Å²) >= 11 is 0. The number of nitrogens with one attached hydrogen (secondary N) is 2. The molecule has 1 unspecified atom stereocenters. The van der Waals surface area contributed by atoms with Crippen molar-refractivity contribution in [3.05, 3.63) is 54.2 Å². The van der Waals surface area contributed by atoms with E-state index in [1.807, 2.05) is 56.1 Å². The number of hydrogen-bond acceptors (Lipinski definition) is 10. The van der Waals surface area contributed by atoms with E-state index in [0.717, 1.165) is 5.56 Å². The van der Waals surface area contributed by atoms with Crippen molar-refractivity contribution in [2.45, 2.75) is 57.4 Å². The second-order valence-corrected chi connectivity index (χ2v) is 11.4. The lowest BCUT2D eigenvalue weighted by Gasteiger charge is -2.43. The van der Waals surface area contributed by atoms with E-state index in [0.29, 0.717) is 25.2 Å². The van der Waals surface area contributed by atoms with Gasteiger partial charge in [-0.05, 0) is 45.5 Å². The zero-order valence-electron chi connectivity index (χ0n) is 24.5. The molecule has 4 rings (SSSR count). The van der Waals surface area contributed by atoms with Gasteiger partial charge in [-0.2, -0.15) is 0 Å². The Morgan fingerprint density at radius 3 is 2.17 bits per heavy atom. The van der Waals surface area contributed by atoms with Gasteiger partial charge in [0, 0.05) is 18.7 Å². The van der Waals surface area contributed by atoms with Gasteiger partial charge in [0.15, 0.2) is 0 Å². The van der Waals surface area contributed by atoms with Gasteiger partial charge >= 0.3 is 19.1 Å². The SMILES string of the molecule is CC(C)C[C@H](NC(=O)C(NC(=O)c1cccc(-c2ccccc2)n1)[C@@H](C)O)B1OC(=O)[C@H]2CN(C)C[C@@H](C(=O)O1)N2C. The van der Waals surface area contributed by atoms with Crippen LogP contribution >= 0.6 is 0 Å². The molecule has 0 saturated carbocycles. The summed E-state index contributed by atoms with van der Waals surface area (Å²) in [6.07, 6.45) is -0.986. The van der Waals surface area contributed by atoms with Crippen LogP contribution in [0.4, 0.5) is 0 Å². The summed E-state index contributed by atoms with van der Waals surface area (Å²) in [4.78, 5) is 60.8. The van der Waals surface area contributed by atoms with Crippen molar-refractivity contribution in [3.63, 3.8) is 0 Å². The molecule has 12 nitrogen and oxygen atoms in total. The van der Waals surface area contributed by atoms with E-state index < -0.39 is 61.0 Å². The van der Waals surface area contributed by atoms with Crippen molar-refractivity contribution in [2.24, 2.45) is 5.92 Å². The molecule has 42 heavy (non-hydrogen) atoms. The van der Waals surface area contributed by atoms with E-state index in [1.165, 1.54) is 13.0 Å². The van der Waals surface area contributed by atoms with Crippen LogP contribution in [-0.2, 0) is 23.7 Å². The number of pyridine rings is 1. The lowest BCUT2D eigenvalue weighted by Crippen LogP contribution is -2.66. The van der Waals surface area contributed by atoms with Gasteiger partial charge in [-0.3, -0.25) is 24.1 Å². The second-order valence-electron chi connectivity index (χ2n) is 11.4. The molecule has 2 bridgehead atoms. The zero-order chi connectivity index (χ0) is 30.6. The number of fused-ring (bicyclic) bond motifs is 2. The van der Waals surface area contributed by atoms with E-state index in [-0.39, 0.29) is 11.6 Å². The maximum Gasteiger partial charge on any atom is 0.622 e. The Bertz CT molecular complexity index is 1270. The monoisotopic (exact) mass is 579 g/mol. The van der Waals surface area contributed by atoms with Crippen molar-refractivity contribution in [1.29, 1.82) is 0 Å². The van der Waals surface area contributed by atoms with Crippen LogP contribution in [-0.4, -0.2) is 108 Å². The quantitative estimate of drug-likeness (QED) is 0.359. The average Bonchev–Trinajstić information content (AvgIpc) is 2.95. The van der Waals surface area contributed by atoms with Gasteiger partial charge in [-0.25, -0.2) is 4.98 Å². The normalized spacial score (nSPS) is 21.8. The third-order valence-corrected chi connectivity index (χ3v) is 7.45. The molecule has 1 aromatic carbocycles. The minimum Gasteiger partial charge on any atom is -0.497 e. The Morgan fingerprint density at radius 1 is 0.976 bits per heavy atom. The van der Waals surface area contributed by atoms with E-state index in [2.05, 4.69) is 15.6 Å². The second kappa shape index (κ2) is 13.4. The molecule has 3 heterocycles. The summed E-state index contributed by atoms with van der Waals surface area (Å²) < 4.78 is 11.3. The van der Waals surface area contributed by atoms with E-state index >= 15 is 0 Å². The maximum atomic E-state index is 13.5. The number of amides is 2. The van der Waals surface area contributed by atoms with Crippen molar-refractivity contribution < 1.29 is 33.6 Å². The van der Waals surface area contributed by atoms with Gasteiger partial charge in [0.05, 0.1) is 17.7 Å². The number of benzene rings is 1. The fourth-order valence-corrected chi connectivity index (χ4v) is 5.17. The summed E-state index contributed by atoms with van der Waals surface area (Å²) in [5, 5.41) is 15.8. The largest absolute Gasteiger partial charge is 0.622 e. The lowest BCUT2D eigenvalue weighted by molar-refractivity contribution is -0.159. The number of rotatable bonds is 9. The minimum atomic E-state index is -1.38. The molecule has 1 aromatic heterocycles. The van der Waals surface area contributed by atoms with Crippen LogP contribution in [0.1, 0.15) is 37.7 Å². The summed E-state index contributed by atoms with van der Waals surface area (Å²) in [5.41, 5.74) is 1.46. The Balaban J connectivity index is 1.51. The molecule has 2 amide bonds. The third kappa shape index (κ3) is 7.33. The van der Waals surface area contributed by atoms with Crippen molar-refractivity contribution in [3.8, 4) is 11.3 Å². The first-order chi connectivity index (χ1) is 19.9. The molecule has 13 heteroatoms. The molecule has 2 saturated heterocycles. The van der Waals surface area contributed by atoms with E-state index in [9.17, 15) is 24.3 Å². The van der Waals surface area contributed by atoms with Gasteiger partial charge in [0.25, 0.3) is 5.91 Å². The van der Waals surface area contributed by atoms with Crippen LogP contribution in [0.3, 0.4) is 0 Å². The molecule has 0 aliphatic carbocycles. The fourth-order valence-electron chi connectivity index (χ4n) is 5.17. The smallest absolute Gasteiger partial charge is 0.497 e. The molecular weight excluding hydrogens is 541 g/mol. The minimum absolute atomic E-state index is 0.0102. The molecule has 0 radical (unpaired) electrons. The Kier molecular flexibility index (Phi) is 9.97. The molecule has 2 aromatic rings. The molecule has 3 N–H and O–H groups in total. The van der Waals surface area contributed by atoms with Crippen molar-refractivity contribution >= 4 is 30.9 Å². The molecular formula is C29H38BN5O7. The zero-order valence-corrected chi connectivity index (χ0v) is 24.5. The van der Waals surface area contributed by atoms with Crippen LogP contribution < -0.4 is 10.6 Å². The van der Waals surface area contributed by atoms with Crippen LogP contribution in [0, 0.1) is 5.92 Å². The first-order valence-electron chi connectivity index (χ1n) is 14.1. The summed E-state index contributed by atoms with van der Waals surface area (Å²) in [7, 11) is 2.11. The summed E-state index contributed by atoms with van der Waals surface area (Å²) in [6, 6.07) is 11.6. The summed E-state index contributed by atoms with van der Waals surface area (Å²) in [5.74, 6) is -3.44. The number of aliphatic hydroxyl groups is 1. The Morgan fingerprint density at radius 2 is 1.60 bits per heavy atom. The summed E-state index contributed by atoms with van der Waals surface area (Å²) in [6.45, 7) is 5.94. The molecule has 2 aliphatic heterocycles. The van der Waals surface area contributed by atoms with Crippen LogP contribution in [0.2, 0.25) is 0 Å². The standard InChI is InChI=1S/C29H38BN5O7/c1-17(2)14-24(30-41-28(39)22-15-34(4)16-23(35(22)5)29(40)42-30)32-27(38)25(18(3)36)33-26(37)21-13-9-12-20(31-21)19-10-7-6-8-11-19/h6-13,17-18,22-25,36H,14-16H2,1-5H3,(H,32,38)(H,33,37)/t18-,22-,23+,24+,25?/m1/s1. The van der Waals surface area contributed by atoms with Gasteiger partial charge in [-0.15, -0.1) is 0 Å². The predicted molar refractivity (Wildman–Crippen MR) is 155 cm³/mol. The maximum absolute atomic E-state index is 13.5. The van der Waals surface area contributed by atoms with Gasteiger partial charge in [-0.1, -0.05) is 50.2 Å². The van der Waals surface area contributed by atoms with Gasteiger partial charge in [0.2, 0.25) is 5.91 Å². The number of carbonyl (C=O) groups is 4. The molecule has 2 fully saturated rings. The molecule has 0 spiro atoms. The number of nitrogens with zero attached hydrogens (tertiary/aromatic N) is 3. The highest BCUT2D eigenvalue weighted by molar-refractivity contribution is 6.51. The van der Waals surface area contributed by atoms with Crippen molar-refractivity contribution in [2.75, 3.05) is 27.2 Å². The number of aromatic nitrogens is 1. The van der Waals surface area contributed by atoms with Crippen LogP contribution in [0.15, 0.2) is 48.5 Å². The average molecular weight is 579 g/mol. The topological polar surface area (TPSA) is 150 Å². The molecule has 2 aliphatic rings. The van der Waals surface area contributed by atoms with Gasteiger partial charge < -0.3 is 29.9 Å². The number of likely N-dealkylation sites (N-methyl/N-ethyl adjacent to an activating group) is 2.